The van der Waals surface area contributed by atoms with Gasteiger partial charge in [0.05, 0.1) is 11.1 Å². The van der Waals surface area contributed by atoms with Crippen LogP contribution in [0.4, 0.5) is 4.39 Å². The summed E-state index contributed by atoms with van der Waals surface area (Å²) in [5, 5.41) is 0.153. The molecule has 2 atom stereocenters. The van der Waals surface area contributed by atoms with E-state index in [0.29, 0.717) is 6.42 Å². The summed E-state index contributed by atoms with van der Waals surface area (Å²) in [6.07, 6.45) is 2.73. The molecule has 0 aliphatic rings. The molecule has 1 aromatic carbocycles. The highest BCUT2D eigenvalue weighted by Gasteiger charge is 2.08. The van der Waals surface area contributed by atoms with Crippen molar-refractivity contribution in [2.24, 2.45) is 5.73 Å². The molecule has 0 saturated carbocycles. The molecule has 0 spiro atoms. The van der Waals surface area contributed by atoms with Crippen molar-refractivity contribution in [2.75, 3.05) is 7.11 Å². The third kappa shape index (κ3) is 5.02. The second-order valence-corrected chi connectivity index (χ2v) is 4.74. The maximum atomic E-state index is 13.0. The Morgan fingerprint density at radius 2 is 2.12 bits per heavy atom. The monoisotopic (exact) mass is 259 g/mol. The third-order valence-corrected chi connectivity index (χ3v) is 3.12. The van der Waals surface area contributed by atoms with Crippen LogP contribution < -0.4 is 5.73 Å². The fourth-order valence-corrected chi connectivity index (χ4v) is 1.84. The van der Waals surface area contributed by atoms with Crippen molar-refractivity contribution in [3.63, 3.8) is 0 Å². The van der Waals surface area contributed by atoms with Crippen LogP contribution in [0.2, 0.25) is 5.02 Å². The first-order chi connectivity index (χ1) is 8.02. The number of nitrogens with two attached hydrogens (primary N) is 1. The molecule has 17 heavy (non-hydrogen) atoms. The lowest BCUT2D eigenvalue weighted by Gasteiger charge is -2.14. The van der Waals surface area contributed by atoms with E-state index in [4.69, 9.17) is 22.1 Å². The lowest BCUT2D eigenvalue weighted by molar-refractivity contribution is 0.107. The van der Waals surface area contributed by atoms with Crippen molar-refractivity contribution in [1.29, 1.82) is 0 Å². The molecular formula is C13H19ClFNO. The summed E-state index contributed by atoms with van der Waals surface area (Å²) in [4.78, 5) is 0. The predicted octanol–water partition coefficient (Wildman–Crippen LogP) is 3.16. The van der Waals surface area contributed by atoms with Crippen molar-refractivity contribution in [1.82, 2.24) is 0 Å². The molecule has 2 unspecified atom stereocenters. The van der Waals surface area contributed by atoms with Gasteiger partial charge in [0.2, 0.25) is 0 Å². The van der Waals surface area contributed by atoms with Gasteiger partial charge in [0.15, 0.2) is 0 Å². The predicted molar refractivity (Wildman–Crippen MR) is 68.8 cm³/mol. The summed E-state index contributed by atoms with van der Waals surface area (Å²) >= 11 is 5.71. The number of halogens is 2. The van der Waals surface area contributed by atoms with Gasteiger partial charge in [-0.15, -0.1) is 0 Å². The van der Waals surface area contributed by atoms with Gasteiger partial charge in [-0.3, -0.25) is 0 Å². The Bertz CT molecular complexity index is 359. The summed E-state index contributed by atoms with van der Waals surface area (Å²) in [6.45, 7) is 2.02. The fourth-order valence-electron chi connectivity index (χ4n) is 1.64. The van der Waals surface area contributed by atoms with E-state index in [1.807, 2.05) is 6.92 Å². The molecule has 0 radical (unpaired) electrons. The van der Waals surface area contributed by atoms with Crippen LogP contribution in [0.1, 0.15) is 25.3 Å². The molecule has 0 fully saturated rings. The zero-order chi connectivity index (χ0) is 12.8. The van der Waals surface area contributed by atoms with Crippen molar-refractivity contribution in [3.05, 3.63) is 34.6 Å². The molecule has 1 rings (SSSR count). The van der Waals surface area contributed by atoms with E-state index in [9.17, 15) is 4.39 Å². The normalized spacial score (nSPS) is 14.6. The lowest BCUT2D eigenvalue weighted by atomic mass is 10.0. The van der Waals surface area contributed by atoms with E-state index in [1.54, 1.807) is 19.2 Å². The minimum atomic E-state index is -0.392. The first-order valence-corrected chi connectivity index (χ1v) is 6.13. The highest BCUT2D eigenvalue weighted by Crippen LogP contribution is 2.17. The summed E-state index contributed by atoms with van der Waals surface area (Å²) in [5.74, 6) is -0.392. The SMILES string of the molecule is COC(C)CCC(N)Cc1ccc(F)c(Cl)c1. The molecule has 0 aromatic heterocycles. The molecule has 0 aliphatic carbocycles. The summed E-state index contributed by atoms with van der Waals surface area (Å²) in [6, 6.07) is 4.79. The summed E-state index contributed by atoms with van der Waals surface area (Å²) in [5.41, 5.74) is 6.97. The van der Waals surface area contributed by atoms with Gasteiger partial charge < -0.3 is 10.5 Å². The van der Waals surface area contributed by atoms with Crippen LogP contribution in [0.3, 0.4) is 0 Å². The third-order valence-electron chi connectivity index (χ3n) is 2.83. The van der Waals surface area contributed by atoms with E-state index in [0.717, 1.165) is 18.4 Å². The van der Waals surface area contributed by atoms with Crippen LogP contribution in [0.25, 0.3) is 0 Å². The van der Waals surface area contributed by atoms with Gasteiger partial charge in [0, 0.05) is 13.2 Å². The van der Waals surface area contributed by atoms with E-state index >= 15 is 0 Å². The standard InChI is InChI=1S/C13H19ClFNO/c1-9(17-2)3-5-11(16)7-10-4-6-13(15)12(14)8-10/h4,6,8-9,11H,3,5,7,16H2,1-2H3. The fraction of sp³-hybridized carbons (Fsp3) is 0.538. The zero-order valence-corrected chi connectivity index (χ0v) is 11.0. The second kappa shape index (κ2) is 6.94. The number of benzene rings is 1. The second-order valence-electron chi connectivity index (χ2n) is 4.34. The average Bonchev–Trinajstić information content (AvgIpc) is 2.31. The molecule has 0 saturated heterocycles. The number of rotatable bonds is 6. The highest BCUT2D eigenvalue weighted by atomic mass is 35.5. The molecule has 2 nitrogen and oxygen atoms in total. The highest BCUT2D eigenvalue weighted by molar-refractivity contribution is 6.30. The Balaban J connectivity index is 2.44. The molecule has 0 aliphatic heterocycles. The zero-order valence-electron chi connectivity index (χ0n) is 10.2. The van der Waals surface area contributed by atoms with E-state index in [1.165, 1.54) is 6.07 Å². The van der Waals surface area contributed by atoms with Crippen molar-refractivity contribution in [2.45, 2.75) is 38.3 Å². The van der Waals surface area contributed by atoms with Crippen LogP contribution >= 0.6 is 11.6 Å². The van der Waals surface area contributed by atoms with Crippen molar-refractivity contribution in [3.8, 4) is 0 Å². The summed E-state index contributed by atoms with van der Waals surface area (Å²) < 4.78 is 18.1. The molecule has 96 valence electrons. The Labute approximate surface area is 107 Å². The van der Waals surface area contributed by atoms with Gasteiger partial charge in [0.25, 0.3) is 0 Å². The van der Waals surface area contributed by atoms with Crippen LogP contribution in [-0.2, 0) is 11.2 Å². The largest absolute Gasteiger partial charge is 0.382 e. The molecule has 0 bridgehead atoms. The molecule has 0 heterocycles. The Morgan fingerprint density at radius 3 is 2.71 bits per heavy atom. The maximum absolute atomic E-state index is 13.0. The minimum Gasteiger partial charge on any atom is -0.382 e. The molecule has 0 amide bonds. The summed E-state index contributed by atoms with van der Waals surface area (Å²) in [7, 11) is 1.69. The number of hydrogen-bond donors (Lipinski definition) is 1. The first-order valence-electron chi connectivity index (χ1n) is 5.75. The van der Waals surface area contributed by atoms with Crippen LogP contribution in [-0.4, -0.2) is 19.3 Å². The number of methoxy groups -OCH3 is 1. The van der Waals surface area contributed by atoms with Crippen molar-refractivity contribution >= 4 is 11.6 Å². The number of hydrogen-bond acceptors (Lipinski definition) is 2. The molecular weight excluding hydrogens is 241 g/mol. The van der Waals surface area contributed by atoms with E-state index in [-0.39, 0.29) is 17.2 Å². The van der Waals surface area contributed by atoms with Crippen LogP contribution in [0.15, 0.2) is 18.2 Å². The minimum absolute atomic E-state index is 0.0501. The van der Waals surface area contributed by atoms with E-state index < -0.39 is 5.82 Å². The van der Waals surface area contributed by atoms with Crippen LogP contribution in [0, 0.1) is 5.82 Å². The topological polar surface area (TPSA) is 35.2 Å². The molecule has 4 heteroatoms. The van der Waals surface area contributed by atoms with E-state index in [2.05, 4.69) is 0 Å². The van der Waals surface area contributed by atoms with Gasteiger partial charge in [-0.05, 0) is 43.9 Å². The lowest BCUT2D eigenvalue weighted by Crippen LogP contribution is -2.24. The van der Waals surface area contributed by atoms with Crippen molar-refractivity contribution < 1.29 is 9.13 Å². The van der Waals surface area contributed by atoms with Gasteiger partial charge >= 0.3 is 0 Å². The Kier molecular flexibility index (Phi) is 5.89. The Hall–Kier alpha value is -0.640. The molecule has 1 aromatic rings. The molecule has 2 N–H and O–H groups in total. The smallest absolute Gasteiger partial charge is 0.141 e. The first kappa shape index (κ1) is 14.4. The van der Waals surface area contributed by atoms with Gasteiger partial charge in [0.1, 0.15) is 5.82 Å². The average molecular weight is 260 g/mol. The van der Waals surface area contributed by atoms with Gasteiger partial charge in [-0.1, -0.05) is 17.7 Å². The van der Waals surface area contributed by atoms with Crippen LogP contribution in [0.5, 0.6) is 0 Å². The maximum Gasteiger partial charge on any atom is 0.141 e. The Morgan fingerprint density at radius 1 is 1.41 bits per heavy atom. The van der Waals surface area contributed by atoms with Gasteiger partial charge in [-0.25, -0.2) is 4.39 Å². The quantitative estimate of drug-likeness (QED) is 0.852. The number of ether oxygens (including phenoxy) is 1. The van der Waals surface area contributed by atoms with Gasteiger partial charge in [-0.2, -0.15) is 0 Å².